The van der Waals surface area contributed by atoms with Gasteiger partial charge in [0.05, 0.1) is 0 Å². The van der Waals surface area contributed by atoms with E-state index in [1.54, 1.807) is 0 Å². The molecular formula is C12H18Y4-2. The molecule has 0 aliphatic carbocycles. The van der Waals surface area contributed by atoms with Crippen LogP contribution in [0.2, 0.25) is 0 Å². The summed E-state index contributed by atoms with van der Waals surface area (Å²) in [5, 5.41) is 0. The van der Waals surface area contributed by atoms with Gasteiger partial charge in [-0.3, -0.25) is 0 Å². The quantitative estimate of drug-likeness (QED) is 0.523. The van der Waals surface area contributed by atoms with Crippen LogP contribution in [0.3, 0.4) is 0 Å². The molecule has 0 saturated heterocycles. The van der Waals surface area contributed by atoms with E-state index in [1.807, 2.05) is 27.7 Å². The van der Waals surface area contributed by atoms with E-state index < -0.39 is 0 Å². The van der Waals surface area contributed by atoms with Gasteiger partial charge in [0, 0.05) is 131 Å². The molecule has 0 atom stereocenters. The van der Waals surface area contributed by atoms with E-state index >= 15 is 0 Å². The molecule has 0 spiro atoms. The van der Waals surface area contributed by atoms with Crippen LogP contribution in [-0.2, 0) is 131 Å². The van der Waals surface area contributed by atoms with Crippen molar-refractivity contribution in [3.8, 4) is 0 Å². The minimum atomic E-state index is 0. The third-order valence-corrected chi connectivity index (χ3v) is 1.60. The van der Waals surface area contributed by atoms with Gasteiger partial charge in [-0.25, -0.2) is 35.4 Å². The summed E-state index contributed by atoms with van der Waals surface area (Å²) in [7, 11) is 0. The van der Waals surface area contributed by atoms with Gasteiger partial charge in [-0.05, 0) is 0 Å². The van der Waals surface area contributed by atoms with Crippen LogP contribution in [0.1, 0.15) is 38.8 Å². The fraction of sp³-hybridized carbons (Fsp3) is 0.333. The van der Waals surface area contributed by atoms with Crippen molar-refractivity contribution in [1.82, 2.24) is 0 Å². The maximum atomic E-state index is 2.12. The largest absolute Gasteiger partial charge is 0.220 e. The van der Waals surface area contributed by atoms with Gasteiger partial charge in [-0.2, -0.15) is 12.8 Å². The first-order valence-corrected chi connectivity index (χ1v) is 4.55. The molecule has 1 aromatic carbocycles. The molecule has 1 rings (SSSR count). The molecule has 16 heavy (non-hydrogen) atoms. The van der Waals surface area contributed by atoms with Gasteiger partial charge >= 0.3 is 0 Å². The number of benzene rings is 1. The third-order valence-electron chi connectivity index (χ3n) is 1.60. The van der Waals surface area contributed by atoms with E-state index in [0.717, 1.165) is 0 Å². The summed E-state index contributed by atoms with van der Waals surface area (Å²) in [6.07, 6.45) is 4.19. The van der Waals surface area contributed by atoms with Gasteiger partial charge in [-0.15, -0.1) is 0 Å². The van der Waals surface area contributed by atoms with Gasteiger partial charge in [0.1, 0.15) is 0 Å². The van der Waals surface area contributed by atoms with E-state index in [1.165, 1.54) is 11.1 Å². The zero-order chi connectivity index (χ0) is 9.40. The number of rotatable bonds is 2. The summed E-state index contributed by atoms with van der Waals surface area (Å²) < 4.78 is 0. The monoisotopic (exact) mass is 518 g/mol. The molecule has 1 aromatic rings. The van der Waals surface area contributed by atoms with Crippen LogP contribution >= 0.6 is 0 Å². The predicted molar refractivity (Wildman–Crippen MR) is 55.9 cm³/mol. The molecule has 0 bridgehead atoms. The molecule has 4 radical (unpaired) electrons. The normalized spacial score (nSPS) is 6.00. The Balaban J connectivity index is -0.0000000637. The van der Waals surface area contributed by atoms with Gasteiger partial charge in [0.2, 0.25) is 0 Å². The molecular weight excluding hydrogens is 500 g/mol. The van der Waals surface area contributed by atoms with Crippen molar-refractivity contribution < 1.29 is 131 Å². The first-order chi connectivity index (χ1) is 5.86. The van der Waals surface area contributed by atoms with E-state index in [0.29, 0.717) is 0 Å². The Bertz CT molecular complexity index is 174. The Morgan fingerprint density at radius 1 is 0.625 bits per heavy atom. The molecule has 80 valence electrons. The van der Waals surface area contributed by atoms with Crippen LogP contribution < -0.4 is 0 Å². The Kier molecular flexibility index (Phi) is 46.4. The maximum absolute atomic E-state index is 2.12. The molecule has 0 amide bonds. The Hall–Kier alpha value is 3.38. The first-order valence-electron chi connectivity index (χ1n) is 4.55. The smallest absolute Gasteiger partial charge is 0 e. The van der Waals surface area contributed by atoms with Crippen molar-refractivity contribution in [2.45, 2.75) is 27.7 Å². The topological polar surface area (TPSA) is 0 Å². The Morgan fingerprint density at radius 3 is 0.938 bits per heavy atom. The number of hydrogen-bond donors (Lipinski definition) is 0. The molecule has 0 unspecified atom stereocenters. The molecule has 0 aromatic heterocycles. The predicted octanol–water partition coefficient (Wildman–Crippen LogP) is 3.85. The van der Waals surface area contributed by atoms with E-state index in [2.05, 4.69) is 37.1 Å². The molecule has 0 aliphatic rings. The van der Waals surface area contributed by atoms with Crippen LogP contribution in [0, 0.1) is 12.8 Å². The third kappa shape index (κ3) is 15.4. The zero-order valence-electron chi connectivity index (χ0n) is 10.8. The maximum Gasteiger partial charge on any atom is 0 e. The van der Waals surface area contributed by atoms with Crippen molar-refractivity contribution in [2.24, 2.45) is 0 Å². The van der Waals surface area contributed by atoms with Gasteiger partial charge in [0.15, 0.2) is 0 Å². The average molecular weight is 518 g/mol. The van der Waals surface area contributed by atoms with Gasteiger partial charge in [-0.1, -0.05) is 27.7 Å². The fourth-order valence-electron chi connectivity index (χ4n) is 0.881. The molecule has 0 N–H and O–H groups in total. The Labute approximate surface area is 202 Å². The molecule has 4 heteroatoms. The summed E-state index contributed by atoms with van der Waals surface area (Å²) in [6, 6.07) is 8.48. The van der Waals surface area contributed by atoms with E-state index in [9.17, 15) is 0 Å². The second kappa shape index (κ2) is 23.5. The molecule has 0 heterocycles. The summed E-state index contributed by atoms with van der Waals surface area (Å²) in [5.74, 6) is 0. The van der Waals surface area contributed by atoms with Crippen LogP contribution in [0.5, 0.6) is 0 Å². The van der Waals surface area contributed by atoms with Gasteiger partial charge in [0.25, 0.3) is 0 Å². The van der Waals surface area contributed by atoms with Crippen molar-refractivity contribution >= 4 is 0 Å². The molecule has 0 fully saturated rings. The summed E-state index contributed by atoms with van der Waals surface area (Å²) in [6.45, 7) is 8.09. The van der Waals surface area contributed by atoms with Crippen LogP contribution in [0.25, 0.3) is 0 Å². The second-order valence-electron chi connectivity index (χ2n) is 2.24. The first kappa shape index (κ1) is 31.7. The van der Waals surface area contributed by atoms with Crippen molar-refractivity contribution in [3.05, 3.63) is 48.2 Å². The fourth-order valence-corrected chi connectivity index (χ4v) is 0.881. The van der Waals surface area contributed by atoms with Crippen LogP contribution in [0.4, 0.5) is 0 Å². The van der Waals surface area contributed by atoms with Crippen LogP contribution in [0.15, 0.2) is 24.3 Å². The van der Waals surface area contributed by atoms with Crippen LogP contribution in [-0.4, -0.2) is 0 Å². The van der Waals surface area contributed by atoms with E-state index in [4.69, 9.17) is 0 Å². The average Bonchev–Trinajstić information content (AvgIpc) is 2.21. The Morgan fingerprint density at radius 2 is 0.812 bits per heavy atom. The summed E-state index contributed by atoms with van der Waals surface area (Å²) in [5.41, 5.74) is 2.57. The van der Waals surface area contributed by atoms with Crippen molar-refractivity contribution in [2.75, 3.05) is 0 Å². The number of hydrogen-bond acceptors (Lipinski definition) is 0. The van der Waals surface area contributed by atoms with E-state index in [-0.39, 0.29) is 131 Å². The SMILES string of the molecule is CC.C[CH-]c1ccc([CH-]C)cc1.[Y].[Y].[Y].[Y]. The van der Waals surface area contributed by atoms with Crippen molar-refractivity contribution in [3.63, 3.8) is 0 Å². The minimum absolute atomic E-state index is 0. The summed E-state index contributed by atoms with van der Waals surface area (Å²) >= 11 is 0. The van der Waals surface area contributed by atoms with Gasteiger partial charge < -0.3 is 0 Å². The summed E-state index contributed by atoms with van der Waals surface area (Å²) in [4.78, 5) is 0. The standard InChI is InChI=1S/C10H12.C2H6.4Y/c1-3-9-5-7-10(4-2)8-6-9;1-2;;;;/h3-8H,1-2H3;1-2H3;;;;/q-2;;;;;. The molecule has 0 aliphatic heterocycles. The molecule has 0 nitrogen and oxygen atoms in total. The minimum Gasteiger partial charge on any atom is -0.220 e. The zero-order valence-corrected chi connectivity index (χ0v) is 22.1. The molecule has 0 saturated carbocycles. The second-order valence-corrected chi connectivity index (χ2v) is 2.24. The van der Waals surface area contributed by atoms with Crippen molar-refractivity contribution in [1.29, 1.82) is 0 Å².